The van der Waals surface area contributed by atoms with Crippen molar-refractivity contribution in [1.29, 1.82) is 0 Å². The number of hydrogen-bond donors (Lipinski definition) is 2. The number of sulfonamides is 1. The molecule has 0 aliphatic carbocycles. The van der Waals surface area contributed by atoms with Crippen LogP contribution in [0.2, 0.25) is 0 Å². The van der Waals surface area contributed by atoms with Crippen LogP contribution in [-0.2, 0) is 30.8 Å². The van der Waals surface area contributed by atoms with Gasteiger partial charge in [-0.05, 0) is 57.2 Å². The number of benzene rings is 2. The number of hydrogen-bond acceptors (Lipinski definition) is 6. The number of carbonyl (C=O) groups excluding carboxylic acids is 2. The van der Waals surface area contributed by atoms with Crippen LogP contribution in [0.3, 0.4) is 0 Å². The minimum atomic E-state index is -3.62. The van der Waals surface area contributed by atoms with Gasteiger partial charge < -0.3 is 10.1 Å². The summed E-state index contributed by atoms with van der Waals surface area (Å²) in [5, 5.41) is 3.64. The highest BCUT2D eigenvalue weighted by atomic mass is 32.2. The molecule has 0 bridgehead atoms. The molecule has 2 N–H and O–H groups in total. The Hall–Kier alpha value is -3.30. The number of rotatable bonds is 9. The summed E-state index contributed by atoms with van der Waals surface area (Å²) in [6.45, 7) is 4.94. The molecule has 0 aliphatic heterocycles. The fourth-order valence-corrected chi connectivity index (χ4v) is 4.38. The van der Waals surface area contributed by atoms with Crippen molar-refractivity contribution in [1.82, 2.24) is 9.71 Å². The third kappa shape index (κ3) is 6.84. The van der Waals surface area contributed by atoms with Crippen molar-refractivity contribution in [2.75, 3.05) is 5.32 Å². The highest BCUT2D eigenvalue weighted by Crippen LogP contribution is 2.16. The molecule has 1 amide bonds. The lowest BCUT2D eigenvalue weighted by molar-refractivity contribution is -0.153. The lowest BCUT2D eigenvalue weighted by atomic mass is 10.1. The van der Waals surface area contributed by atoms with E-state index in [0.29, 0.717) is 12.1 Å². The zero-order valence-corrected chi connectivity index (χ0v) is 19.6. The summed E-state index contributed by atoms with van der Waals surface area (Å²) in [7, 11) is -3.62. The third-order valence-electron chi connectivity index (χ3n) is 4.74. The first-order valence-corrected chi connectivity index (χ1v) is 12.1. The molecule has 0 saturated carbocycles. The average Bonchev–Trinajstić information content (AvgIpc) is 2.77. The van der Waals surface area contributed by atoms with E-state index in [1.54, 1.807) is 13.8 Å². The Labute approximate surface area is 193 Å². The molecule has 33 heavy (non-hydrogen) atoms. The Morgan fingerprint density at radius 3 is 2.36 bits per heavy atom. The quantitative estimate of drug-likeness (QED) is 0.464. The number of anilines is 1. The number of nitrogens with zero attached hydrogens (tertiary/aromatic N) is 1. The SMILES string of the molecule is CC(C)NS(=O)(=O)c1ccc(NC(=O)C(C)OC(=O)CCc2ccc3ccccc3n2)cc1. The maximum Gasteiger partial charge on any atom is 0.306 e. The molecule has 1 aromatic heterocycles. The van der Waals surface area contributed by atoms with E-state index in [-0.39, 0.29) is 17.4 Å². The van der Waals surface area contributed by atoms with Gasteiger partial charge in [-0.3, -0.25) is 14.6 Å². The molecule has 0 spiro atoms. The second-order valence-electron chi connectivity index (χ2n) is 7.92. The minimum absolute atomic E-state index is 0.0935. The van der Waals surface area contributed by atoms with Crippen LogP contribution < -0.4 is 10.0 Å². The Morgan fingerprint density at radius 2 is 1.67 bits per heavy atom. The van der Waals surface area contributed by atoms with E-state index in [4.69, 9.17) is 4.74 Å². The molecule has 174 valence electrons. The fourth-order valence-electron chi connectivity index (χ4n) is 3.13. The molecule has 1 unspecified atom stereocenters. The van der Waals surface area contributed by atoms with Crippen molar-refractivity contribution in [2.24, 2.45) is 0 Å². The van der Waals surface area contributed by atoms with Crippen molar-refractivity contribution in [3.8, 4) is 0 Å². The standard InChI is InChI=1S/C24H27N3O5S/c1-16(2)27-33(30,31)21-13-10-20(11-14-21)26-24(29)17(3)32-23(28)15-12-19-9-8-18-6-4-5-7-22(18)25-19/h4-11,13-14,16-17,27H,12,15H2,1-3H3,(H,26,29). The van der Waals surface area contributed by atoms with Gasteiger partial charge in [0.2, 0.25) is 10.0 Å². The van der Waals surface area contributed by atoms with Gasteiger partial charge in [0.15, 0.2) is 6.10 Å². The predicted octanol–water partition coefficient (Wildman–Crippen LogP) is 3.42. The molecule has 0 saturated heterocycles. The number of pyridine rings is 1. The number of aryl methyl sites for hydroxylation is 1. The number of para-hydroxylation sites is 1. The third-order valence-corrected chi connectivity index (χ3v) is 6.42. The van der Waals surface area contributed by atoms with Gasteiger partial charge in [0.1, 0.15) is 0 Å². The minimum Gasteiger partial charge on any atom is -0.453 e. The lowest BCUT2D eigenvalue weighted by Crippen LogP contribution is -2.30. The van der Waals surface area contributed by atoms with Gasteiger partial charge in [-0.25, -0.2) is 13.1 Å². The summed E-state index contributed by atoms with van der Waals surface area (Å²) >= 11 is 0. The highest BCUT2D eigenvalue weighted by Gasteiger charge is 2.19. The largest absolute Gasteiger partial charge is 0.453 e. The number of carbonyl (C=O) groups is 2. The molecule has 9 heteroatoms. The smallest absolute Gasteiger partial charge is 0.306 e. The maximum atomic E-state index is 12.4. The van der Waals surface area contributed by atoms with Crippen LogP contribution in [0.4, 0.5) is 5.69 Å². The summed E-state index contributed by atoms with van der Waals surface area (Å²) in [6.07, 6.45) is -0.510. The molecule has 1 atom stereocenters. The molecular weight excluding hydrogens is 442 g/mol. The Balaban J connectivity index is 1.50. The van der Waals surface area contributed by atoms with Gasteiger partial charge in [-0.1, -0.05) is 24.3 Å². The van der Waals surface area contributed by atoms with E-state index >= 15 is 0 Å². The van der Waals surface area contributed by atoms with Gasteiger partial charge in [-0.2, -0.15) is 0 Å². The van der Waals surface area contributed by atoms with Crippen molar-refractivity contribution < 1.29 is 22.7 Å². The summed E-state index contributed by atoms with van der Waals surface area (Å²) in [4.78, 5) is 29.2. The Kier molecular flexibility index (Phi) is 7.78. The predicted molar refractivity (Wildman–Crippen MR) is 126 cm³/mol. The molecule has 1 heterocycles. The van der Waals surface area contributed by atoms with E-state index in [9.17, 15) is 18.0 Å². The molecule has 2 aromatic carbocycles. The van der Waals surface area contributed by atoms with Crippen molar-refractivity contribution in [2.45, 2.75) is 50.7 Å². The van der Waals surface area contributed by atoms with E-state index in [1.165, 1.54) is 31.2 Å². The maximum absolute atomic E-state index is 12.4. The number of ether oxygens (including phenoxy) is 1. The molecule has 3 rings (SSSR count). The second-order valence-corrected chi connectivity index (χ2v) is 9.63. The zero-order chi connectivity index (χ0) is 24.0. The van der Waals surface area contributed by atoms with Gasteiger partial charge in [0.25, 0.3) is 5.91 Å². The van der Waals surface area contributed by atoms with Crippen LogP contribution >= 0.6 is 0 Å². The summed E-state index contributed by atoms with van der Waals surface area (Å²) in [5.41, 5.74) is 2.02. The first kappa shape index (κ1) is 24.3. The lowest BCUT2D eigenvalue weighted by Gasteiger charge is -2.14. The van der Waals surface area contributed by atoms with E-state index in [1.807, 2.05) is 36.4 Å². The van der Waals surface area contributed by atoms with Crippen LogP contribution in [0.5, 0.6) is 0 Å². The van der Waals surface area contributed by atoms with Gasteiger partial charge in [0, 0.05) is 29.2 Å². The normalized spacial score (nSPS) is 12.5. The molecule has 3 aromatic rings. The molecule has 0 radical (unpaired) electrons. The van der Waals surface area contributed by atoms with Crippen LogP contribution in [-0.4, -0.2) is 37.4 Å². The van der Waals surface area contributed by atoms with Gasteiger partial charge in [-0.15, -0.1) is 0 Å². The molecule has 0 fully saturated rings. The van der Waals surface area contributed by atoms with Crippen LogP contribution in [0.25, 0.3) is 10.9 Å². The number of fused-ring (bicyclic) bond motifs is 1. The summed E-state index contributed by atoms with van der Waals surface area (Å²) in [5.74, 6) is -1.02. The topological polar surface area (TPSA) is 114 Å². The number of amides is 1. The zero-order valence-electron chi connectivity index (χ0n) is 18.7. The van der Waals surface area contributed by atoms with Gasteiger partial charge in [0.05, 0.1) is 16.8 Å². The fraction of sp³-hybridized carbons (Fsp3) is 0.292. The number of esters is 1. The van der Waals surface area contributed by atoms with Crippen LogP contribution in [0.1, 0.15) is 32.9 Å². The highest BCUT2D eigenvalue weighted by molar-refractivity contribution is 7.89. The van der Waals surface area contributed by atoms with Crippen molar-refractivity contribution >= 4 is 38.5 Å². The van der Waals surface area contributed by atoms with Gasteiger partial charge >= 0.3 is 5.97 Å². The van der Waals surface area contributed by atoms with Crippen molar-refractivity contribution in [3.63, 3.8) is 0 Å². The van der Waals surface area contributed by atoms with E-state index in [0.717, 1.165) is 16.6 Å². The molecule has 8 nitrogen and oxygen atoms in total. The first-order valence-electron chi connectivity index (χ1n) is 10.6. The monoisotopic (exact) mass is 469 g/mol. The molecule has 0 aliphatic rings. The van der Waals surface area contributed by atoms with Crippen LogP contribution in [0, 0.1) is 0 Å². The van der Waals surface area contributed by atoms with E-state index in [2.05, 4.69) is 15.0 Å². The average molecular weight is 470 g/mol. The summed E-state index contributed by atoms with van der Waals surface area (Å²) < 4.78 is 32.1. The Bertz CT molecular complexity index is 1240. The van der Waals surface area contributed by atoms with Crippen molar-refractivity contribution in [3.05, 3.63) is 66.4 Å². The number of aromatic nitrogens is 1. The second kappa shape index (κ2) is 10.5. The number of nitrogens with one attached hydrogen (secondary N) is 2. The summed E-state index contributed by atoms with van der Waals surface area (Å²) in [6, 6.07) is 17.1. The molecular formula is C24H27N3O5S. The first-order chi connectivity index (χ1) is 15.6. The van der Waals surface area contributed by atoms with Crippen LogP contribution in [0.15, 0.2) is 65.6 Å². The van der Waals surface area contributed by atoms with E-state index < -0.39 is 28.0 Å². The Morgan fingerprint density at radius 1 is 0.970 bits per heavy atom.